The SMILES string of the molecule is Cc1cccc(Cn2c(Cl)c(C#N)c3c(C)cc(C)cc32)c1. The van der Waals surface area contributed by atoms with E-state index >= 15 is 0 Å². The Balaban J connectivity index is 2.25. The molecule has 3 heteroatoms. The van der Waals surface area contributed by atoms with Crippen LogP contribution >= 0.6 is 11.6 Å². The largest absolute Gasteiger partial charge is 0.326 e. The average molecular weight is 309 g/mol. The van der Waals surface area contributed by atoms with Gasteiger partial charge < -0.3 is 4.57 Å². The van der Waals surface area contributed by atoms with Gasteiger partial charge in [-0.15, -0.1) is 0 Å². The van der Waals surface area contributed by atoms with Gasteiger partial charge in [0.25, 0.3) is 0 Å². The Morgan fingerprint density at radius 1 is 1.09 bits per heavy atom. The predicted octanol–water partition coefficient (Wildman–Crippen LogP) is 5.14. The zero-order valence-electron chi connectivity index (χ0n) is 12.9. The second kappa shape index (κ2) is 5.51. The standard InChI is InChI=1S/C19H17ClN2/c1-12-5-4-6-15(8-12)11-22-17-9-13(2)7-14(3)18(17)16(10-21)19(22)20/h4-9H,11H2,1-3H3. The lowest BCUT2D eigenvalue weighted by atomic mass is 10.1. The molecule has 0 atom stereocenters. The third kappa shape index (κ3) is 2.38. The molecule has 0 unspecified atom stereocenters. The summed E-state index contributed by atoms with van der Waals surface area (Å²) in [5.74, 6) is 0. The summed E-state index contributed by atoms with van der Waals surface area (Å²) in [7, 11) is 0. The highest BCUT2D eigenvalue weighted by molar-refractivity contribution is 6.32. The van der Waals surface area contributed by atoms with Crippen molar-refractivity contribution >= 4 is 22.5 Å². The summed E-state index contributed by atoms with van der Waals surface area (Å²) >= 11 is 6.51. The normalized spacial score (nSPS) is 10.9. The molecule has 0 N–H and O–H groups in total. The molecule has 2 aromatic carbocycles. The van der Waals surface area contributed by atoms with Crippen LogP contribution in [0.25, 0.3) is 10.9 Å². The molecule has 0 saturated carbocycles. The lowest BCUT2D eigenvalue weighted by Crippen LogP contribution is -2.00. The Labute approximate surface area is 135 Å². The summed E-state index contributed by atoms with van der Waals surface area (Å²) in [6.07, 6.45) is 0. The van der Waals surface area contributed by atoms with E-state index in [1.807, 2.05) is 17.6 Å². The van der Waals surface area contributed by atoms with Crippen LogP contribution in [0.3, 0.4) is 0 Å². The molecule has 2 nitrogen and oxygen atoms in total. The van der Waals surface area contributed by atoms with Crippen LogP contribution in [0.5, 0.6) is 0 Å². The predicted molar refractivity (Wildman–Crippen MR) is 91.4 cm³/mol. The van der Waals surface area contributed by atoms with Gasteiger partial charge in [-0.25, -0.2) is 0 Å². The minimum atomic E-state index is 0.521. The van der Waals surface area contributed by atoms with Gasteiger partial charge in [0.05, 0.1) is 11.1 Å². The maximum absolute atomic E-state index is 9.49. The molecule has 110 valence electrons. The Hall–Kier alpha value is -2.24. The fraction of sp³-hybridized carbons (Fsp3) is 0.211. The Bertz CT molecular complexity index is 913. The molecule has 0 saturated heterocycles. The zero-order chi connectivity index (χ0) is 15.9. The highest BCUT2D eigenvalue weighted by Gasteiger charge is 2.17. The van der Waals surface area contributed by atoms with Crippen molar-refractivity contribution in [3.8, 4) is 6.07 Å². The number of benzene rings is 2. The summed E-state index contributed by atoms with van der Waals surface area (Å²) in [6.45, 7) is 6.84. The Morgan fingerprint density at radius 2 is 1.86 bits per heavy atom. The van der Waals surface area contributed by atoms with Crippen LogP contribution in [-0.2, 0) is 6.54 Å². The molecule has 0 aliphatic carbocycles. The maximum atomic E-state index is 9.49. The van der Waals surface area contributed by atoms with E-state index in [9.17, 15) is 5.26 Å². The first-order chi connectivity index (χ1) is 10.5. The number of nitrogens with zero attached hydrogens (tertiary/aromatic N) is 2. The third-order valence-electron chi connectivity index (χ3n) is 3.98. The van der Waals surface area contributed by atoms with Crippen molar-refractivity contribution < 1.29 is 0 Å². The van der Waals surface area contributed by atoms with Crippen LogP contribution < -0.4 is 0 Å². The van der Waals surface area contributed by atoms with Crippen molar-refractivity contribution in [2.45, 2.75) is 27.3 Å². The van der Waals surface area contributed by atoms with Gasteiger partial charge in [-0.2, -0.15) is 5.26 Å². The molecule has 0 spiro atoms. The number of aryl methyl sites for hydroxylation is 3. The summed E-state index contributed by atoms with van der Waals surface area (Å²) in [5.41, 5.74) is 6.27. The van der Waals surface area contributed by atoms with Crippen LogP contribution in [0, 0.1) is 32.1 Å². The van der Waals surface area contributed by atoms with Gasteiger partial charge >= 0.3 is 0 Å². The van der Waals surface area contributed by atoms with Crippen molar-refractivity contribution in [2.75, 3.05) is 0 Å². The number of halogens is 1. The molecular weight excluding hydrogens is 292 g/mol. The molecule has 0 bridgehead atoms. The Kier molecular flexibility index (Phi) is 3.68. The molecule has 22 heavy (non-hydrogen) atoms. The van der Waals surface area contributed by atoms with E-state index in [2.05, 4.69) is 50.2 Å². The van der Waals surface area contributed by atoms with E-state index < -0.39 is 0 Å². The van der Waals surface area contributed by atoms with Gasteiger partial charge in [0.2, 0.25) is 0 Å². The first-order valence-electron chi connectivity index (χ1n) is 7.26. The van der Waals surface area contributed by atoms with Crippen LogP contribution in [0.1, 0.15) is 27.8 Å². The van der Waals surface area contributed by atoms with Gasteiger partial charge in [0.15, 0.2) is 0 Å². The minimum Gasteiger partial charge on any atom is -0.326 e. The van der Waals surface area contributed by atoms with Crippen LogP contribution in [0.4, 0.5) is 0 Å². The van der Waals surface area contributed by atoms with E-state index in [0.717, 1.165) is 16.5 Å². The molecule has 0 fully saturated rings. The van der Waals surface area contributed by atoms with Gasteiger partial charge in [0, 0.05) is 11.9 Å². The molecular formula is C19H17ClN2. The molecule has 3 rings (SSSR count). The number of rotatable bonds is 2. The van der Waals surface area contributed by atoms with Crippen LogP contribution in [0.15, 0.2) is 36.4 Å². The second-order valence-corrected chi connectivity index (χ2v) is 6.19. The van der Waals surface area contributed by atoms with E-state index in [4.69, 9.17) is 11.6 Å². The topological polar surface area (TPSA) is 28.7 Å². The second-order valence-electron chi connectivity index (χ2n) is 5.83. The van der Waals surface area contributed by atoms with Gasteiger partial charge in [-0.05, 0) is 43.5 Å². The number of hydrogen-bond donors (Lipinski definition) is 0. The highest BCUT2D eigenvalue weighted by atomic mass is 35.5. The van der Waals surface area contributed by atoms with Crippen LogP contribution in [0.2, 0.25) is 5.15 Å². The zero-order valence-corrected chi connectivity index (χ0v) is 13.7. The fourth-order valence-electron chi connectivity index (χ4n) is 3.08. The van der Waals surface area contributed by atoms with Crippen molar-refractivity contribution in [2.24, 2.45) is 0 Å². The summed E-state index contributed by atoms with van der Waals surface area (Å²) in [5, 5.41) is 11.0. The summed E-state index contributed by atoms with van der Waals surface area (Å²) < 4.78 is 2.03. The molecule has 1 aromatic heterocycles. The first kappa shape index (κ1) is 14.7. The number of hydrogen-bond acceptors (Lipinski definition) is 1. The number of nitriles is 1. The van der Waals surface area contributed by atoms with Crippen LogP contribution in [-0.4, -0.2) is 4.57 Å². The van der Waals surface area contributed by atoms with E-state index in [-0.39, 0.29) is 0 Å². The Morgan fingerprint density at radius 3 is 2.55 bits per heavy atom. The van der Waals surface area contributed by atoms with Gasteiger partial charge in [-0.1, -0.05) is 47.5 Å². The minimum absolute atomic E-state index is 0.521. The van der Waals surface area contributed by atoms with E-state index in [1.54, 1.807) is 0 Å². The molecule has 0 aliphatic heterocycles. The maximum Gasteiger partial charge on any atom is 0.128 e. The lowest BCUT2D eigenvalue weighted by molar-refractivity contribution is 0.835. The number of fused-ring (bicyclic) bond motifs is 1. The van der Waals surface area contributed by atoms with Crippen molar-refractivity contribution in [1.29, 1.82) is 5.26 Å². The monoisotopic (exact) mass is 308 g/mol. The average Bonchev–Trinajstić information content (AvgIpc) is 2.72. The number of aromatic nitrogens is 1. The van der Waals surface area contributed by atoms with E-state index in [0.29, 0.717) is 17.3 Å². The molecule has 0 amide bonds. The van der Waals surface area contributed by atoms with Crippen molar-refractivity contribution in [3.63, 3.8) is 0 Å². The quantitative estimate of drug-likeness (QED) is 0.644. The summed E-state index contributed by atoms with van der Waals surface area (Å²) in [4.78, 5) is 0. The van der Waals surface area contributed by atoms with Gasteiger partial charge in [-0.3, -0.25) is 0 Å². The molecule has 1 heterocycles. The summed E-state index contributed by atoms with van der Waals surface area (Å²) in [6, 6.07) is 14.8. The fourth-order valence-corrected chi connectivity index (χ4v) is 3.36. The van der Waals surface area contributed by atoms with E-state index in [1.165, 1.54) is 16.7 Å². The lowest BCUT2D eigenvalue weighted by Gasteiger charge is -2.09. The van der Waals surface area contributed by atoms with Crippen molar-refractivity contribution in [3.05, 3.63) is 69.4 Å². The molecule has 0 radical (unpaired) electrons. The van der Waals surface area contributed by atoms with Crippen molar-refractivity contribution in [1.82, 2.24) is 4.57 Å². The van der Waals surface area contributed by atoms with Gasteiger partial charge in [0.1, 0.15) is 11.2 Å². The molecule has 0 aliphatic rings. The first-order valence-corrected chi connectivity index (χ1v) is 7.63. The smallest absolute Gasteiger partial charge is 0.128 e. The molecule has 3 aromatic rings. The third-order valence-corrected chi connectivity index (χ3v) is 4.37. The highest BCUT2D eigenvalue weighted by Crippen LogP contribution is 2.33.